The molecule has 1 amide bonds. The predicted octanol–water partition coefficient (Wildman–Crippen LogP) is 3.55. The Morgan fingerprint density at radius 1 is 1.10 bits per heavy atom. The molecule has 1 fully saturated rings. The van der Waals surface area contributed by atoms with Crippen molar-refractivity contribution < 1.29 is 4.79 Å². The summed E-state index contributed by atoms with van der Waals surface area (Å²) in [6, 6.07) is 20.5. The van der Waals surface area contributed by atoms with Crippen LogP contribution in [0.4, 0.5) is 5.69 Å². The Kier molecular flexibility index (Phi) is 6.69. The Hall–Kier alpha value is -2.80. The van der Waals surface area contributed by atoms with Crippen LogP contribution >= 0.6 is 11.8 Å². The largest absolute Gasteiger partial charge is 0.373 e. The molecule has 1 saturated carbocycles. The van der Waals surface area contributed by atoms with Crippen LogP contribution < -0.4 is 10.2 Å². The summed E-state index contributed by atoms with van der Waals surface area (Å²) in [4.78, 5) is 14.5. The van der Waals surface area contributed by atoms with Crippen LogP contribution in [0.25, 0.3) is 0 Å². The first-order valence-electron chi connectivity index (χ1n) is 10.3. The van der Waals surface area contributed by atoms with E-state index in [9.17, 15) is 4.79 Å². The number of hydrogen-bond acceptors (Lipinski definition) is 5. The number of benzene rings is 2. The van der Waals surface area contributed by atoms with Gasteiger partial charge in [0.05, 0.1) is 12.3 Å². The second kappa shape index (κ2) is 9.80. The molecular formula is C23H27N5OS. The molecule has 0 bridgehead atoms. The molecule has 2 aromatic carbocycles. The number of anilines is 1. The maximum absolute atomic E-state index is 12.3. The van der Waals surface area contributed by atoms with E-state index in [1.54, 1.807) is 0 Å². The monoisotopic (exact) mass is 421 g/mol. The van der Waals surface area contributed by atoms with Crippen molar-refractivity contribution >= 4 is 23.4 Å². The minimum absolute atomic E-state index is 0.0173. The van der Waals surface area contributed by atoms with Crippen molar-refractivity contribution in [2.75, 3.05) is 30.8 Å². The van der Waals surface area contributed by atoms with E-state index in [1.165, 1.54) is 30.2 Å². The summed E-state index contributed by atoms with van der Waals surface area (Å²) in [6.45, 7) is 2.11. The lowest BCUT2D eigenvalue weighted by atomic mass is 10.2. The number of hydrogen-bond donors (Lipinski definition) is 1. The minimum atomic E-state index is 0.0173. The lowest BCUT2D eigenvalue weighted by molar-refractivity contribution is -0.118. The molecule has 0 spiro atoms. The van der Waals surface area contributed by atoms with Crippen LogP contribution in [0.15, 0.2) is 65.8 Å². The molecule has 156 valence electrons. The van der Waals surface area contributed by atoms with Gasteiger partial charge in [-0.25, -0.2) is 0 Å². The molecule has 7 heteroatoms. The maximum atomic E-state index is 12.3. The van der Waals surface area contributed by atoms with Gasteiger partial charge in [0.2, 0.25) is 5.91 Å². The summed E-state index contributed by atoms with van der Waals surface area (Å²) in [6.07, 6.45) is 2.35. The number of aromatic nitrogens is 3. The summed E-state index contributed by atoms with van der Waals surface area (Å²) >= 11 is 1.46. The van der Waals surface area contributed by atoms with Gasteiger partial charge in [-0.3, -0.25) is 4.79 Å². The highest BCUT2D eigenvalue weighted by Crippen LogP contribution is 2.40. The average Bonchev–Trinajstić information content (AvgIpc) is 3.55. The molecule has 4 rings (SSSR count). The van der Waals surface area contributed by atoms with Gasteiger partial charge in [-0.2, -0.15) is 0 Å². The van der Waals surface area contributed by atoms with Crippen molar-refractivity contribution in [3.8, 4) is 0 Å². The van der Waals surface area contributed by atoms with Crippen molar-refractivity contribution in [3.63, 3.8) is 0 Å². The van der Waals surface area contributed by atoms with Gasteiger partial charge in [-0.1, -0.05) is 60.3 Å². The van der Waals surface area contributed by atoms with Gasteiger partial charge in [-0.15, -0.1) is 10.2 Å². The molecule has 0 unspecified atom stereocenters. The number of para-hydroxylation sites is 1. The van der Waals surface area contributed by atoms with Crippen LogP contribution in [-0.2, 0) is 11.3 Å². The second-order valence-corrected chi connectivity index (χ2v) is 8.53. The third-order valence-corrected chi connectivity index (χ3v) is 6.14. The number of likely N-dealkylation sites (N-methyl/N-ethyl adjacent to an activating group) is 1. The summed E-state index contributed by atoms with van der Waals surface area (Å²) < 4.78 is 2.17. The van der Waals surface area contributed by atoms with E-state index in [0.717, 1.165) is 29.8 Å². The normalized spacial score (nSPS) is 13.2. The molecule has 1 N–H and O–H groups in total. The lowest BCUT2D eigenvalue weighted by Gasteiger charge is -2.19. The highest BCUT2D eigenvalue weighted by molar-refractivity contribution is 7.99. The number of rotatable bonds is 10. The molecule has 0 aliphatic heterocycles. The SMILES string of the molecule is CN(CCNC(=O)CSc1nnc(C2CC2)n1Cc1ccccc1)c1ccccc1. The fourth-order valence-corrected chi connectivity index (χ4v) is 4.10. The van der Waals surface area contributed by atoms with Crippen molar-refractivity contribution in [2.45, 2.75) is 30.5 Å². The summed E-state index contributed by atoms with van der Waals surface area (Å²) in [5.74, 6) is 1.92. The number of amides is 1. The van der Waals surface area contributed by atoms with Gasteiger partial charge in [0.1, 0.15) is 5.82 Å². The van der Waals surface area contributed by atoms with Crippen molar-refractivity contribution in [1.29, 1.82) is 0 Å². The molecule has 0 radical (unpaired) electrons. The zero-order chi connectivity index (χ0) is 20.8. The molecule has 6 nitrogen and oxygen atoms in total. The second-order valence-electron chi connectivity index (χ2n) is 7.58. The Bertz CT molecular complexity index is 956. The van der Waals surface area contributed by atoms with Gasteiger partial charge >= 0.3 is 0 Å². The fraction of sp³-hybridized carbons (Fsp3) is 0.348. The van der Waals surface area contributed by atoms with E-state index < -0.39 is 0 Å². The van der Waals surface area contributed by atoms with Crippen molar-refractivity contribution in [3.05, 3.63) is 72.1 Å². The Morgan fingerprint density at radius 3 is 2.50 bits per heavy atom. The standard InChI is InChI=1S/C23H27N5OS/c1-27(20-10-6-3-7-11-20)15-14-24-21(29)17-30-23-26-25-22(19-12-13-19)28(23)16-18-8-4-2-5-9-18/h2-11,19H,12-17H2,1H3,(H,24,29). The lowest BCUT2D eigenvalue weighted by Crippen LogP contribution is -2.33. The van der Waals surface area contributed by atoms with E-state index in [0.29, 0.717) is 18.2 Å². The average molecular weight is 422 g/mol. The van der Waals surface area contributed by atoms with Crippen LogP contribution in [-0.4, -0.2) is 46.6 Å². The molecule has 1 heterocycles. The van der Waals surface area contributed by atoms with Crippen LogP contribution in [0.3, 0.4) is 0 Å². The fourth-order valence-electron chi connectivity index (χ4n) is 3.32. The smallest absolute Gasteiger partial charge is 0.230 e. The highest BCUT2D eigenvalue weighted by Gasteiger charge is 2.30. The van der Waals surface area contributed by atoms with Gasteiger partial charge < -0.3 is 14.8 Å². The summed E-state index contributed by atoms with van der Waals surface area (Å²) in [5, 5.41) is 12.6. The van der Waals surface area contributed by atoms with Crippen molar-refractivity contribution in [2.24, 2.45) is 0 Å². The van der Waals surface area contributed by atoms with Crippen LogP contribution in [0, 0.1) is 0 Å². The molecule has 1 aliphatic rings. The zero-order valence-corrected chi connectivity index (χ0v) is 18.0. The van der Waals surface area contributed by atoms with E-state index in [1.807, 2.05) is 43.4 Å². The molecular weight excluding hydrogens is 394 g/mol. The highest BCUT2D eigenvalue weighted by atomic mass is 32.2. The van der Waals surface area contributed by atoms with Crippen LogP contribution in [0.2, 0.25) is 0 Å². The molecule has 0 saturated heterocycles. The van der Waals surface area contributed by atoms with Crippen molar-refractivity contribution in [1.82, 2.24) is 20.1 Å². The van der Waals surface area contributed by atoms with Gasteiger partial charge in [-0.05, 0) is 30.5 Å². The third kappa shape index (κ3) is 5.42. The van der Waals surface area contributed by atoms with Gasteiger partial charge in [0, 0.05) is 31.7 Å². The van der Waals surface area contributed by atoms with E-state index in [4.69, 9.17) is 0 Å². The van der Waals surface area contributed by atoms with E-state index in [2.05, 4.69) is 49.2 Å². The summed E-state index contributed by atoms with van der Waals surface area (Å²) in [5.41, 5.74) is 2.36. The Morgan fingerprint density at radius 2 is 1.80 bits per heavy atom. The third-order valence-electron chi connectivity index (χ3n) is 5.17. The number of carbonyl (C=O) groups excluding carboxylic acids is 1. The quantitative estimate of drug-likeness (QED) is 0.507. The molecule has 3 aromatic rings. The Balaban J connectivity index is 1.29. The first kappa shape index (κ1) is 20.5. The first-order valence-corrected chi connectivity index (χ1v) is 11.3. The van der Waals surface area contributed by atoms with Crippen LogP contribution in [0.1, 0.15) is 30.1 Å². The predicted molar refractivity (Wildman–Crippen MR) is 121 cm³/mol. The molecule has 1 aromatic heterocycles. The number of nitrogens with one attached hydrogen (secondary N) is 1. The maximum Gasteiger partial charge on any atom is 0.230 e. The number of carbonyl (C=O) groups is 1. The number of nitrogens with zero attached hydrogens (tertiary/aromatic N) is 4. The van der Waals surface area contributed by atoms with E-state index in [-0.39, 0.29) is 5.91 Å². The van der Waals surface area contributed by atoms with Gasteiger partial charge in [0.15, 0.2) is 5.16 Å². The number of thioether (sulfide) groups is 1. The molecule has 1 aliphatic carbocycles. The van der Waals surface area contributed by atoms with E-state index >= 15 is 0 Å². The minimum Gasteiger partial charge on any atom is -0.373 e. The first-order chi connectivity index (χ1) is 14.7. The zero-order valence-electron chi connectivity index (χ0n) is 17.2. The van der Waals surface area contributed by atoms with Crippen LogP contribution in [0.5, 0.6) is 0 Å². The van der Waals surface area contributed by atoms with Gasteiger partial charge in [0.25, 0.3) is 0 Å². The molecule has 0 atom stereocenters. The Labute approximate surface area is 181 Å². The molecule has 30 heavy (non-hydrogen) atoms. The topological polar surface area (TPSA) is 63.1 Å². The summed E-state index contributed by atoms with van der Waals surface area (Å²) in [7, 11) is 2.03.